The monoisotopic (exact) mass is 351 g/mol. The third-order valence-corrected chi connectivity index (χ3v) is 5.14. The summed E-state index contributed by atoms with van der Waals surface area (Å²) in [6, 6.07) is 0. The van der Waals surface area contributed by atoms with Crippen LogP contribution < -0.4 is 10.9 Å². The molecule has 0 spiro atoms. The van der Waals surface area contributed by atoms with Gasteiger partial charge in [0.1, 0.15) is 5.56 Å². The topological polar surface area (TPSA) is 110 Å². The predicted molar refractivity (Wildman–Crippen MR) is 86.6 cm³/mol. The molecule has 1 aliphatic rings. The van der Waals surface area contributed by atoms with Crippen LogP contribution in [0.1, 0.15) is 35.3 Å². The first kappa shape index (κ1) is 16.6. The maximum Gasteiger partial charge on any atom is 0.305 e. The summed E-state index contributed by atoms with van der Waals surface area (Å²) in [6.45, 7) is 2.50. The van der Waals surface area contributed by atoms with Gasteiger partial charge in [0.15, 0.2) is 4.96 Å². The highest BCUT2D eigenvalue weighted by atomic mass is 32.1. The van der Waals surface area contributed by atoms with E-state index in [1.54, 1.807) is 12.3 Å². The van der Waals surface area contributed by atoms with Crippen molar-refractivity contribution in [1.82, 2.24) is 14.7 Å². The highest BCUT2D eigenvalue weighted by Gasteiger charge is 2.37. The number of aryl methyl sites for hydroxylation is 1. The molecule has 128 valence electrons. The van der Waals surface area contributed by atoms with Crippen LogP contribution in [0.25, 0.3) is 4.96 Å². The summed E-state index contributed by atoms with van der Waals surface area (Å²) in [6.07, 6.45) is 1.81. The Morgan fingerprint density at radius 3 is 2.83 bits per heavy atom. The maximum absolute atomic E-state index is 12.6. The van der Waals surface area contributed by atoms with Crippen molar-refractivity contribution < 1.29 is 19.4 Å². The summed E-state index contributed by atoms with van der Waals surface area (Å²) >= 11 is 1.32. The van der Waals surface area contributed by atoms with Gasteiger partial charge in [0.25, 0.3) is 11.5 Å². The molecule has 0 unspecified atom stereocenters. The van der Waals surface area contributed by atoms with Gasteiger partial charge in [-0.05, 0) is 19.8 Å². The fraction of sp³-hybridized carbons (Fsp3) is 0.467. The Balaban J connectivity index is 1.93. The number of aliphatic carboxylic acids is 1. The van der Waals surface area contributed by atoms with E-state index in [1.807, 2.05) is 0 Å². The molecule has 2 aromatic heterocycles. The van der Waals surface area contributed by atoms with E-state index in [9.17, 15) is 14.4 Å². The molecule has 1 aliphatic heterocycles. The Morgan fingerprint density at radius 1 is 1.46 bits per heavy atom. The van der Waals surface area contributed by atoms with Gasteiger partial charge in [0.05, 0.1) is 12.0 Å². The largest absolute Gasteiger partial charge is 0.481 e. The molecule has 3 rings (SSSR count). The maximum atomic E-state index is 12.6. The van der Waals surface area contributed by atoms with Crippen molar-refractivity contribution in [3.05, 3.63) is 33.2 Å². The number of aromatic nitrogens is 2. The lowest BCUT2D eigenvalue weighted by molar-refractivity contribution is -0.139. The quantitative estimate of drug-likeness (QED) is 0.844. The molecule has 0 radical (unpaired) electrons. The molecule has 8 nitrogen and oxygen atoms in total. The van der Waals surface area contributed by atoms with Crippen molar-refractivity contribution in [2.24, 2.45) is 0 Å². The van der Waals surface area contributed by atoms with Crippen LogP contribution in [0.5, 0.6) is 0 Å². The Kier molecular flexibility index (Phi) is 4.37. The van der Waals surface area contributed by atoms with Crippen molar-refractivity contribution in [2.75, 3.05) is 13.2 Å². The molecule has 9 heteroatoms. The minimum Gasteiger partial charge on any atom is -0.481 e. The lowest BCUT2D eigenvalue weighted by atomic mass is 9.86. The van der Waals surface area contributed by atoms with Crippen molar-refractivity contribution in [3.8, 4) is 0 Å². The third kappa shape index (κ3) is 3.04. The number of hydrogen-bond donors (Lipinski definition) is 2. The number of nitrogens with one attached hydrogen (secondary N) is 1. The van der Waals surface area contributed by atoms with Gasteiger partial charge < -0.3 is 15.2 Å². The number of fused-ring (bicyclic) bond motifs is 1. The SMILES string of the molecule is Cc1csc2ncc(C(=O)NC3(CC(=O)O)CCOCC3)c(=O)n12. The molecule has 1 saturated heterocycles. The zero-order valence-corrected chi connectivity index (χ0v) is 13.9. The van der Waals surface area contributed by atoms with Crippen LogP contribution in [-0.4, -0.2) is 45.1 Å². The highest BCUT2D eigenvalue weighted by molar-refractivity contribution is 7.15. The molecule has 0 aliphatic carbocycles. The second-order valence-corrected chi connectivity index (χ2v) is 6.73. The van der Waals surface area contributed by atoms with Crippen molar-refractivity contribution in [2.45, 2.75) is 31.7 Å². The van der Waals surface area contributed by atoms with Crippen LogP contribution in [0.4, 0.5) is 0 Å². The zero-order valence-electron chi connectivity index (χ0n) is 13.1. The third-order valence-electron chi connectivity index (χ3n) is 4.18. The molecule has 0 bridgehead atoms. The number of carboxylic acid groups (broad SMARTS) is 1. The minimum absolute atomic E-state index is 0.0924. The Morgan fingerprint density at radius 2 is 2.17 bits per heavy atom. The molecular weight excluding hydrogens is 334 g/mol. The molecule has 1 fully saturated rings. The highest BCUT2D eigenvalue weighted by Crippen LogP contribution is 2.25. The number of carboxylic acids is 1. The predicted octanol–water partition coefficient (Wildman–Crippen LogP) is 0.818. The van der Waals surface area contributed by atoms with Gasteiger partial charge in [-0.25, -0.2) is 4.98 Å². The number of nitrogens with zero attached hydrogens (tertiary/aromatic N) is 2. The van der Waals surface area contributed by atoms with Crippen LogP contribution in [0.15, 0.2) is 16.4 Å². The standard InChI is InChI=1S/C15H17N3O5S/c1-9-8-24-14-16-7-10(13(22)18(9)14)12(21)17-15(6-11(19)20)2-4-23-5-3-15/h7-8H,2-6H2,1H3,(H,17,21)(H,19,20). The molecule has 0 atom stereocenters. The molecule has 1 amide bonds. The van der Waals surface area contributed by atoms with E-state index >= 15 is 0 Å². The molecule has 24 heavy (non-hydrogen) atoms. The second kappa shape index (κ2) is 6.33. The van der Waals surface area contributed by atoms with Crippen molar-refractivity contribution in [3.63, 3.8) is 0 Å². The summed E-state index contributed by atoms with van der Waals surface area (Å²) < 4.78 is 6.64. The van der Waals surface area contributed by atoms with Crippen LogP contribution >= 0.6 is 11.3 Å². The summed E-state index contributed by atoms with van der Waals surface area (Å²) in [5, 5.41) is 13.7. The number of hydrogen-bond acceptors (Lipinski definition) is 6. The van der Waals surface area contributed by atoms with Gasteiger partial charge in [-0.3, -0.25) is 18.8 Å². The lowest BCUT2D eigenvalue weighted by Gasteiger charge is -2.36. The molecule has 3 heterocycles. The molecule has 0 saturated carbocycles. The smallest absolute Gasteiger partial charge is 0.305 e. The van der Waals surface area contributed by atoms with E-state index < -0.39 is 23.0 Å². The number of rotatable bonds is 4. The van der Waals surface area contributed by atoms with E-state index in [2.05, 4.69) is 10.3 Å². The Hall–Kier alpha value is -2.26. The normalized spacial score (nSPS) is 16.9. The zero-order chi connectivity index (χ0) is 17.3. The van der Waals surface area contributed by atoms with Gasteiger partial charge in [-0.15, -0.1) is 11.3 Å². The van der Waals surface area contributed by atoms with Crippen molar-refractivity contribution in [1.29, 1.82) is 0 Å². The fourth-order valence-electron chi connectivity index (χ4n) is 2.89. The molecular formula is C15H17N3O5S. The van der Waals surface area contributed by atoms with Gasteiger partial charge in [0.2, 0.25) is 0 Å². The van der Waals surface area contributed by atoms with E-state index in [0.29, 0.717) is 36.7 Å². The van der Waals surface area contributed by atoms with Crippen LogP contribution in [0.2, 0.25) is 0 Å². The lowest BCUT2D eigenvalue weighted by Crippen LogP contribution is -2.54. The molecule has 0 aromatic carbocycles. The first-order valence-electron chi connectivity index (χ1n) is 7.50. The first-order valence-corrected chi connectivity index (χ1v) is 8.38. The van der Waals surface area contributed by atoms with Gasteiger partial charge in [-0.2, -0.15) is 0 Å². The fourth-order valence-corrected chi connectivity index (χ4v) is 3.71. The molecule has 2 N–H and O–H groups in total. The summed E-state index contributed by atoms with van der Waals surface area (Å²) in [5.74, 6) is -1.60. The van der Waals surface area contributed by atoms with E-state index in [1.165, 1.54) is 21.9 Å². The number of carbonyl (C=O) groups is 2. The Bertz CT molecular complexity index is 850. The minimum atomic E-state index is -1.00. The van der Waals surface area contributed by atoms with Crippen LogP contribution in [0.3, 0.4) is 0 Å². The van der Waals surface area contributed by atoms with E-state index in [-0.39, 0.29) is 12.0 Å². The number of ether oxygens (including phenoxy) is 1. The number of thiazole rings is 1. The van der Waals surface area contributed by atoms with E-state index in [4.69, 9.17) is 9.84 Å². The first-order chi connectivity index (χ1) is 11.4. The summed E-state index contributed by atoms with van der Waals surface area (Å²) in [5.41, 5.74) is -0.746. The number of amides is 1. The summed E-state index contributed by atoms with van der Waals surface area (Å²) in [7, 11) is 0. The Labute approximate surface area is 141 Å². The van der Waals surface area contributed by atoms with Crippen molar-refractivity contribution >= 4 is 28.2 Å². The average molecular weight is 351 g/mol. The summed E-state index contributed by atoms with van der Waals surface area (Å²) in [4.78, 5) is 41.0. The average Bonchev–Trinajstić information content (AvgIpc) is 2.89. The molecule has 2 aromatic rings. The van der Waals surface area contributed by atoms with Crippen LogP contribution in [-0.2, 0) is 9.53 Å². The van der Waals surface area contributed by atoms with Gasteiger partial charge in [-0.1, -0.05) is 0 Å². The second-order valence-electron chi connectivity index (χ2n) is 5.89. The van der Waals surface area contributed by atoms with E-state index in [0.717, 1.165) is 0 Å². The number of carbonyl (C=O) groups excluding carboxylic acids is 1. The van der Waals surface area contributed by atoms with Gasteiger partial charge in [0, 0.05) is 30.5 Å². The van der Waals surface area contributed by atoms with Gasteiger partial charge >= 0.3 is 5.97 Å². The van der Waals surface area contributed by atoms with Crippen LogP contribution in [0, 0.1) is 6.92 Å².